The lowest BCUT2D eigenvalue weighted by Gasteiger charge is -2.12. The van der Waals surface area contributed by atoms with E-state index in [4.69, 9.17) is 0 Å². The van der Waals surface area contributed by atoms with E-state index < -0.39 is 0 Å². The second-order valence-electron chi connectivity index (χ2n) is 7.77. The molecule has 1 amide bonds. The van der Waals surface area contributed by atoms with Crippen LogP contribution in [0.25, 0.3) is 21.5 Å². The molecular formula is C25H21N5O2S. The molecule has 0 spiro atoms. The fourth-order valence-corrected chi connectivity index (χ4v) is 4.84. The first-order valence-electron chi connectivity index (χ1n) is 10.4. The molecule has 0 atom stereocenters. The molecule has 8 heteroatoms. The van der Waals surface area contributed by atoms with Crippen molar-refractivity contribution in [3.05, 3.63) is 99.7 Å². The number of carbonyl (C=O) groups excluding carboxylic acids is 1. The van der Waals surface area contributed by atoms with Gasteiger partial charge in [0.05, 0.1) is 29.5 Å². The van der Waals surface area contributed by atoms with Crippen LogP contribution in [0.1, 0.15) is 20.8 Å². The molecule has 7 nitrogen and oxygen atoms in total. The van der Waals surface area contributed by atoms with Crippen molar-refractivity contribution in [2.75, 3.05) is 5.32 Å². The van der Waals surface area contributed by atoms with Crippen LogP contribution in [0.2, 0.25) is 0 Å². The van der Waals surface area contributed by atoms with Crippen LogP contribution in [-0.2, 0) is 13.6 Å². The van der Waals surface area contributed by atoms with Gasteiger partial charge in [-0.2, -0.15) is 0 Å². The summed E-state index contributed by atoms with van der Waals surface area (Å²) >= 11 is 1.22. The number of rotatable bonds is 5. The number of thiophene rings is 1. The zero-order chi connectivity index (χ0) is 22.9. The molecule has 0 fully saturated rings. The molecule has 0 unspecified atom stereocenters. The topological polar surface area (TPSA) is 81.8 Å². The van der Waals surface area contributed by atoms with E-state index in [1.54, 1.807) is 20.3 Å². The monoisotopic (exact) mass is 455 g/mol. The minimum atomic E-state index is -0.287. The molecule has 0 aliphatic rings. The predicted molar refractivity (Wildman–Crippen MR) is 131 cm³/mol. The highest BCUT2D eigenvalue weighted by atomic mass is 32.1. The van der Waals surface area contributed by atoms with Crippen LogP contribution in [-0.4, -0.2) is 25.0 Å². The summed E-state index contributed by atoms with van der Waals surface area (Å²) < 4.78 is 3.35. The van der Waals surface area contributed by atoms with Gasteiger partial charge in [-0.3, -0.25) is 9.59 Å². The summed E-state index contributed by atoms with van der Waals surface area (Å²) in [6.45, 7) is 2.35. The second kappa shape index (κ2) is 8.48. The summed E-state index contributed by atoms with van der Waals surface area (Å²) in [4.78, 5) is 35.9. The Balaban J connectivity index is 1.57. The van der Waals surface area contributed by atoms with Crippen LogP contribution in [0.3, 0.4) is 0 Å². The van der Waals surface area contributed by atoms with E-state index in [0.717, 1.165) is 11.1 Å². The van der Waals surface area contributed by atoms with E-state index in [0.29, 0.717) is 38.7 Å². The first-order chi connectivity index (χ1) is 16.0. The summed E-state index contributed by atoms with van der Waals surface area (Å²) in [5.41, 5.74) is 3.16. The van der Waals surface area contributed by atoms with Gasteiger partial charge < -0.3 is 14.5 Å². The van der Waals surface area contributed by atoms with E-state index >= 15 is 0 Å². The largest absolute Gasteiger partial charge is 0.312 e. The molecular weight excluding hydrogens is 434 g/mol. The van der Waals surface area contributed by atoms with Gasteiger partial charge in [-0.25, -0.2) is 9.97 Å². The van der Waals surface area contributed by atoms with Crippen molar-refractivity contribution in [2.24, 2.45) is 7.05 Å². The van der Waals surface area contributed by atoms with Crippen LogP contribution in [0.15, 0.2) is 78.1 Å². The molecule has 5 aromatic rings. The first kappa shape index (κ1) is 20.8. The van der Waals surface area contributed by atoms with Crippen molar-refractivity contribution in [1.82, 2.24) is 19.1 Å². The van der Waals surface area contributed by atoms with Gasteiger partial charge >= 0.3 is 0 Å². The van der Waals surface area contributed by atoms with Gasteiger partial charge in [0.25, 0.3) is 11.5 Å². The SMILES string of the molecule is Cc1c(C(=O)Nc2c(-c3ccccc3)ncn2Cc2ccccc2)sc2ncn(C)c(=O)c12. The minimum Gasteiger partial charge on any atom is -0.312 e. The fraction of sp³-hybridized carbons (Fsp3) is 0.120. The van der Waals surface area contributed by atoms with Gasteiger partial charge in [-0.05, 0) is 18.1 Å². The molecule has 3 aromatic heterocycles. The number of anilines is 1. The van der Waals surface area contributed by atoms with Crippen molar-refractivity contribution in [1.29, 1.82) is 0 Å². The number of fused-ring (bicyclic) bond motifs is 1. The zero-order valence-corrected chi connectivity index (χ0v) is 19.0. The summed E-state index contributed by atoms with van der Waals surface area (Å²) in [5, 5.41) is 3.55. The maximum atomic E-state index is 13.4. The van der Waals surface area contributed by atoms with E-state index in [1.807, 2.05) is 65.2 Å². The third kappa shape index (κ3) is 3.85. The molecule has 33 heavy (non-hydrogen) atoms. The average Bonchev–Trinajstić information content (AvgIpc) is 3.38. The molecule has 0 aliphatic heterocycles. The average molecular weight is 456 g/mol. The summed E-state index contributed by atoms with van der Waals surface area (Å²) in [5.74, 6) is 0.317. The standard InChI is InChI=1S/C25H21N5O2S/c1-16-19-24(27-14-29(2)25(19)32)33-21(16)23(31)28-22-20(18-11-7-4-8-12-18)26-15-30(22)13-17-9-5-3-6-10-17/h3-12,14-15H,13H2,1-2H3,(H,28,31). The van der Waals surface area contributed by atoms with Gasteiger partial charge in [-0.1, -0.05) is 60.7 Å². The Morgan fingerprint density at radius 2 is 1.70 bits per heavy atom. The highest BCUT2D eigenvalue weighted by molar-refractivity contribution is 7.20. The lowest BCUT2D eigenvalue weighted by molar-refractivity contribution is 0.102. The van der Waals surface area contributed by atoms with Crippen molar-refractivity contribution in [2.45, 2.75) is 13.5 Å². The number of hydrogen-bond acceptors (Lipinski definition) is 5. The fourth-order valence-electron chi connectivity index (χ4n) is 3.81. The Morgan fingerprint density at radius 1 is 1.00 bits per heavy atom. The number of amides is 1. The van der Waals surface area contributed by atoms with E-state index in [2.05, 4.69) is 15.3 Å². The molecule has 2 aromatic carbocycles. The molecule has 164 valence electrons. The number of aromatic nitrogens is 4. The number of nitrogens with zero attached hydrogens (tertiary/aromatic N) is 4. The van der Waals surface area contributed by atoms with E-state index in [-0.39, 0.29) is 11.5 Å². The molecule has 0 radical (unpaired) electrons. The lowest BCUT2D eigenvalue weighted by atomic mass is 10.1. The first-order valence-corrected chi connectivity index (χ1v) is 11.2. The molecule has 1 N–H and O–H groups in total. The maximum Gasteiger partial charge on any atom is 0.267 e. The highest BCUT2D eigenvalue weighted by Crippen LogP contribution is 2.31. The number of imidazole rings is 1. The third-order valence-electron chi connectivity index (χ3n) is 5.53. The van der Waals surface area contributed by atoms with Crippen molar-refractivity contribution < 1.29 is 4.79 Å². The van der Waals surface area contributed by atoms with Crippen LogP contribution in [0, 0.1) is 6.92 Å². The lowest BCUT2D eigenvalue weighted by Crippen LogP contribution is -2.18. The Bertz CT molecular complexity index is 1520. The van der Waals surface area contributed by atoms with Crippen molar-refractivity contribution in [3.63, 3.8) is 0 Å². The molecule has 5 rings (SSSR count). The number of benzene rings is 2. The summed E-state index contributed by atoms with van der Waals surface area (Å²) in [6.07, 6.45) is 3.21. The smallest absolute Gasteiger partial charge is 0.267 e. The van der Waals surface area contributed by atoms with Crippen molar-refractivity contribution in [3.8, 4) is 11.3 Å². The molecule has 0 aliphatic carbocycles. The van der Waals surface area contributed by atoms with Gasteiger partial charge in [-0.15, -0.1) is 11.3 Å². The predicted octanol–water partition coefficient (Wildman–Crippen LogP) is 4.47. The Morgan fingerprint density at radius 3 is 2.42 bits per heavy atom. The van der Waals surface area contributed by atoms with E-state index in [1.165, 1.54) is 22.2 Å². The summed E-state index contributed by atoms with van der Waals surface area (Å²) in [6, 6.07) is 19.7. The minimum absolute atomic E-state index is 0.160. The number of hydrogen-bond donors (Lipinski definition) is 1. The van der Waals surface area contributed by atoms with Gasteiger partial charge in [0.1, 0.15) is 16.3 Å². The second-order valence-corrected chi connectivity index (χ2v) is 8.77. The number of nitrogens with one attached hydrogen (secondary N) is 1. The van der Waals surface area contributed by atoms with Gasteiger partial charge in [0.15, 0.2) is 0 Å². The van der Waals surface area contributed by atoms with Gasteiger partial charge in [0.2, 0.25) is 0 Å². The number of carbonyl (C=O) groups is 1. The van der Waals surface area contributed by atoms with Crippen LogP contribution < -0.4 is 10.9 Å². The molecule has 0 saturated carbocycles. The van der Waals surface area contributed by atoms with E-state index in [9.17, 15) is 9.59 Å². The normalized spacial score (nSPS) is 11.1. The highest BCUT2D eigenvalue weighted by Gasteiger charge is 2.22. The number of aryl methyl sites for hydroxylation is 2. The Hall–Kier alpha value is -4.04. The zero-order valence-electron chi connectivity index (χ0n) is 18.1. The molecule has 0 saturated heterocycles. The third-order valence-corrected chi connectivity index (χ3v) is 6.73. The molecule has 3 heterocycles. The molecule has 0 bridgehead atoms. The Labute approximate surface area is 194 Å². The van der Waals surface area contributed by atoms with Crippen LogP contribution in [0.4, 0.5) is 5.82 Å². The Kier molecular flexibility index (Phi) is 5.35. The van der Waals surface area contributed by atoms with Crippen molar-refractivity contribution >= 4 is 33.3 Å². The van der Waals surface area contributed by atoms with Crippen LogP contribution >= 0.6 is 11.3 Å². The maximum absolute atomic E-state index is 13.4. The van der Waals surface area contributed by atoms with Crippen LogP contribution in [0.5, 0.6) is 0 Å². The quantitative estimate of drug-likeness (QED) is 0.424. The van der Waals surface area contributed by atoms with Gasteiger partial charge in [0, 0.05) is 12.6 Å². The summed E-state index contributed by atoms with van der Waals surface area (Å²) in [7, 11) is 1.65.